The van der Waals surface area contributed by atoms with Crippen molar-refractivity contribution in [3.05, 3.63) is 33.8 Å². The zero-order valence-corrected chi connectivity index (χ0v) is 13.1. The molecule has 3 nitrogen and oxygen atoms in total. The fraction of sp³-hybridized carbons (Fsp3) is 0.500. The number of benzene rings is 1. The van der Waals surface area contributed by atoms with Crippen LogP contribution in [0.4, 0.5) is 13.2 Å². The monoisotopic (exact) mass is 364 g/mol. The van der Waals surface area contributed by atoms with Crippen molar-refractivity contribution in [3.63, 3.8) is 0 Å². The molecule has 0 aliphatic carbocycles. The smallest absolute Gasteiger partial charge is 0.350 e. The Morgan fingerprint density at radius 3 is 2.71 bits per heavy atom. The molecule has 1 fully saturated rings. The summed E-state index contributed by atoms with van der Waals surface area (Å²) in [5.74, 6) is -0.484. The van der Waals surface area contributed by atoms with Gasteiger partial charge in [-0.15, -0.1) is 0 Å². The fourth-order valence-electron chi connectivity index (χ4n) is 2.43. The summed E-state index contributed by atoms with van der Waals surface area (Å²) in [5.41, 5.74) is -0.822. The first kappa shape index (κ1) is 16.3. The van der Waals surface area contributed by atoms with Gasteiger partial charge < -0.3 is 10.2 Å². The third kappa shape index (κ3) is 4.20. The minimum atomic E-state index is -4.47. The Labute approximate surface area is 129 Å². The average Bonchev–Trinajstić information content (AvgIpc) is 2.79. The summed E-state index contributed by atoms with van der Waals surface area (Å²) in [7, 11) is 1.98. The van der Waals surface area contributed by atoms with E-state index in [1.807, 2.05) is 7.05 Å². The van der Waals surface area contributed by atoms with Crippen LogP contribution in [0.25, 0.3) is 0 Å². The number of halogens is 4. The van der Waals surface area contributed by atoms with Gasteiger partial charge >= 0.3 is 6.18 Å². The van der Waals surface area contributed by atoms with Crippen molar-refractivity contribution in [1.29, 1.82) is 0 Å². The second-order valence-electron chi connectivity index (χ2n) is 5.21. The number of nitrogens with zero attached hydrogens (tertiary/aromatic N) is 1. The lowest BCUT2D eigenvalue weighted by molar-refractivity contribution is -0.137. The predicted molar refractivity (Wildman–Crippen MR) is 77.1 cm³/mol. The first-order valence-electron chi connectivity index (χ1n) is 6.63. The highest BCUT2D eigenvalue weighted by molar-refractivity contribution is 9.10. The van der Waals surface area contributed by atoms with Gasteiger partial charge in [0, 0.05) is 22.6 Å². The highest BCUT2D eigenvalue weighted by atomic mass is 79.9. The summed E-state index contributed by atoms with van der Waals surface area (Å²) in [5, 5.41) is 2.71. The van der Waals surface area contributed by atoms with Crippen molar-refractivity contribution in [3.8, 4) is 0 Å². The van der Waals surface area contributed by atoms with Crippen LogP contribution in [-0.2, 0) is 6.18 Å². The van der Waals surface area contributed by atoms with Gasteiger partial charge in [0.1, 0.15) is 0 Å². The normalized spacial score (nSPS) is 19.8. The number of hydrogen-bond acceptors (Lipinski definition) is 2. The molecule has 1 aromatic rings. The van der Waals surface area contributed by atoms with Gasteiger partial charge in [-0.3, -0.25) is 4.79 Å². The molecule has 1 N–H and O–H groups in total. The highest BCUT2D eigenvalue weighted by Crippen LogP contribution is 2.32. The molecule has 7 heteroatoms. The SMILES string of the molecule is CN1CCC[C@@H]1CNC(=O)c1cc(Br)cc(C(F)(F)F)c1. The minimum absolute atomic E-state index is 0.0114. The molecular formula is C14H16BrF3N2O. The zero-order chi connectivity index (χ0) is 15.6. The Bertz CT molecular complexity index is 533. The van der Waals surface area contributed by atoms with Gasteiger partial charge in [0.2, 0.25) is 0 Å². The van der Waals surface area contributed by atoms with Crippen LogP contribution < -0.4 is 5.32 Å². The van der Waals surface area contributed by atoms with Crippen molar-refractivity contribution in [2.45, 2.75) is 25.1 Å². The molecule has 1 aliphatic rings. The standard InChI is InChI=1S/C14H16BrF3N2O/c1-20-4-2-3-12(20)8-19-13(21)9-5-10(14(16,17)18)7-11(15)6-9/h5-7,12H,2-4,8H2,1H3,(H,19,21)/t12-/m1/s1. The summed E-state index contributed by atoms with van der Waals surface area (Å²) in [6.45, 7) is 1.43. The number of alkyl halides is 3. The Hall–Kier alpha value is -1.08. The molecule has 1 atom stereocenters. The molecule has 0 aromatic heterocycles. The zero-order valence-electron chi connectivity index (χ0n) is 11.5. The Balaban J connectivity index is 2.07. The van der Waals surface area contributed by atoms with Gasteiger partial charge in [-0.2, -0.15) is 13.2 Å². The van der Waals surface area contributed by atoms with Crippen LogP contribution in [0.15, 0.2) is 22.7 Å². The van der Waals surface area contributed by atoms with Crippen LogP contribution in [0, 0.1) is 0 Å². The second kappa shape index (κ2) is 6.36. The summed E-state index contributed by atoms with van der Waals surface area (Å²) >= 11 is 3.01. The van der Waals surface area contributed by atoms with Crippen LogP contribution in [0.3, 0.4) is 0 Å². The van der Waals surface area contributed by atoms with E-state index >= 15 is 0 Å². The van der Waals surface area contributed by atoms with E-state index in [1.54, 1.807) is 0 Å². The van der Waals surface area contributed by atoms with Crippen LogP contribution in [0.2, 0.25) is 0 Å². The van der Waals surface area contributed by atoms with Crippen molar-refractivity contribution >= 4 is 21.8 Å². The van der Waals surface area contributed by atoms with E-state index in [0.717, 1.165) is 31.5 Å². The molecular weight excluding hydrogens is 349 g/mol. The molecule has 0 spiro atoms. The molecule has 116 valence electrons. The Morgan fingerprint density at radius 2 is 2.14 bits per heavy atom. The van der Waals surface area contributed by atoms with Crippen LogP contribution in [-0.4, -0.2) is 37.0 Å². The van der Waals surface area contributed by atoms with Crippen LogP contribution in [0.5, 0.6) is 0 Å². The minimum Gasteiger partial charge on any atom is -0.350 e. The van der Waals surface area contributed by atoms with Crippen LogP contribution in [0.1, 0.15) is 28.8 Å². The first-order valence-corrected chi connectivity index (χ1v) is 7.43. The third-order valence-electron chi connectivity index (χ3n) is 3.66. The summed E-state index contributed by atoms with van der Waals surface area (Å²) in [6.07, 6.45) is -2.40. The van der Waals surface area contributed by atoms with E-state index < -0.39 is 17.6 Å². The van der Waals surface area contributed by atoms with Crippen LogP contribution >= 0.6 is 15.9 Å². The van der Waals surface area contributed by atoms with Crippen molar-refractivity contribution < 1.29 is 18.0 Å². The van der Waals surface area contributed by atoms with E-state index in [0.29, 0.717) is 6.54 Å². The van der Waals surface area contributed by atoms with E-state index in [2.05, 4.69) is 26.1 Å². The van der Waals surface area contributed by atoms with E-state index in [9.17, 15) is 18.0 Å². The van der Waals surface area contributed by atoms with Gasteiger partial charge in [-0.25, -0.2) is 0 Å². The Morgan fingerprint density at radius 1 is 1.43 bits per heavy atom. The number of carbonyl (C=O) groups excluding carboxylic acids is 1. The predicted octanol–water partition coefficient (Wildman–Crippen LogP) is 3.29. The van der Waals surface area contributed by atoms with Gasteiger partial charge in [0.25, 0.3) is 5.91 Å². The van der Waals surface area contributed by atoms with E-state index in [-0.39, 0.29) is 16.1 Å². The lowest BCUT2D eigenvalue weighted by Crippen LogP contribution is -2.38. The molecule has 21 heavy (non-hydrogen) atoms. The average molecular weight is 365 g/mol. The molecule has 0 saturated carbocycles. The number of nitrogens with one attached hydrogen (secondary N) is 1. The largest absolute Gasteiger partial charge is 0.416 e. The van der Waals surface area contributed by atoms with Gasteiger partial charge in [0.05, 0.1) is 5.56 Å². The second-order valence-corrected chi connectivity index (χ2v) is 6.13. The molecule has 1 aliphatic heterocycles. The lowest BCUT2D eigenvalue weighted by Gasteiger charge is -2.19. The number of hydrogen-bond donors (Lipinski definition) is 1. The molecule has 1 heterocycles. The molecule has 0 radical (unpaired) electrons. The molecule has 1 aromatic carbocycles. The number of carbonyl (C=O) groups is 1. The van der Waals surface area contributed by atoms with Gasteiger partial charge in [-0.05, 0) is 44.6 Å². The molecule has 1 amide bonds. The van der Waals surface area contributed by atoms with E-state index in [4.69, 9.17) is 0 Å². The number of rotatable bonds is 3. The number of amides is 1. The quantitative estimate of drug-likeness (QED) is 0.892. The maximum atomic E-state index is 12.7. The molecule has 1 saturated heterocycles. The van der Waals surface area contributed by atoms with Gasteiger partial charge in [0.15, 0.2) is 0 Å². The number of likely N-dealkylation sites (N-methyl/N-ethyl adjacent to an activating group) is 1. The topological polar surface area (TPSA) is 32.3 Å². The summed E-state index contributed by atoms with van der Waals surface area (Å²) < 4.78 is 38.4. The molecule has 0 bridgehead atoms. The highest BCUT2D eigenvalue weighted by Gasteiger charge is 2.31. The van der Waals surface area contributed by atoms with Gasteiger partial charge in [-0.1, -0.05) is 15.9 Å². The summed E-state index contributed by atoms with van der Waals surface area (Å²) in [4.78, 5) is 14.2. The lowest BCUT2D eigenvalue weighted by atomic mass is 10.1. The maximum absolute atomic E-state index is 12.7. The van der Waals surface area contributed by atoms with E-state index in [1.165, 1.54) is 6.07 Å². The van der Waals surface area contributed by atoms with Crippen molar-refractivity contribution in [1.82, 2.24) is 10.2 Å². The summed E-state index contributed by atoms with van der Waals surface area (Å²) in [6, 6.07) is 3.48. The number of likely N-dealkylation sites (tertiary alicyclic amines) is 1. The first-order chi connectivity index (χ1) is 9.77. The van der Waals surface area contributed by atoms with Crippen molar-refractivity contribution in [2.75, 3.05) is 20.1 Å². The molecule has 0 unspecified atom stereocenters. The fourth-order valence-corrected chi connectivity index (χ4v) is 2.93. The maximum Gasteiger partial charge on any atom is 0.416 e. The Kier molecular flexibility index (Phi) is 4.93. The van der Waals surface area contributed by atoms with Crippen molar-refractivity contribution in [2.24, 2.45) is 0 Å². The molecule has 2 rings (SSSR count). The third-order valence-corrected chi connectivity index (χ3v) is 4.11.